The summed E-state index contributed by atoms with van der Waals surface area (Å²) in [4.78, 5) is 23.2. The first kappa shape index (κ1) is 12.3. The van der Waals surface area contributed by atoms with Crippen LogP contribution >= 0.6 is 0 Å². The molecule has 0 saturated carbocycles. The van der Waals surface area contributed by atoms with Gasteiger partial charge in [0.2, 0.25) is 0 Å². The maximum absolute atomic E-state index is 12.2. The standard InChI is InChI=1S/C16H12N2O2/c19-11-14-13-8-4-5-9-15(13)18(17-14)10-16(20)12-6-2-1-3-7-12/h1-9,11H,10H2. The second-order valence-electron chi connectivity index (χ2n) is 4.47. The van der Waals surface area contributed by atoms with Crippen LogP contribution in [0.4, 0.5) is 0 Å². The summed E-state index contributed by atoms with van der Waals surface area (Å²) in [6, 6.07) is 16.5. The second-order valence-corrected chi connectivity index (χ2v) is 4.47. The summed E-state index contributed by atoms with van der Waals surface area (Å²) in [6.45, 7) is 0.123. The Labute approximate surface area is 115 Å². The molecule has 20 heavy (non-hydrogen) atoms. The number of carbonyl (C=O) groups excluding carboxylic acids is 2. The van der Waals surface area contributed by atoms with E-state index in [0.717, 1.165) is 10.9 Å². The van der Waals surface area contributed by atoms with Crippen molar-refractivity contribution >= 4 is 23.0 Å². The fourth-order valence-electron chi connectivity index (χ4n) is 2.21. The molecular formula is C16H12N2O2. The zero-order valence-corrected chi connectivity index (χ0v) is 10.7. The number of carbonyl (C=O) groups is 2. The molecule has 4 heteroatoms. The van der Waals surface area contributed by atoms with Crippen LogP contribution in [0.3, 0.4) is 0 Å². The van der Waals surface area contributed by atoms with Crippen LogP contribution in [0.2, 0.25) is 0 Å². The fourth-order valence-corrected chi connectivity index (χ4v) is 2.21. The fraction of sp³-hybridized carbons (Fsp3) is 0.0625. The summed E-state index contributed by atoms with van der Waals surface area (Å²) in [7, 11) is 0. The van der Waals surface area contributed by atoms with Gasteiger partial charge < -0.3 is 0 Å². The third kappa shape index (κ3) is 2.12. The van der Waals surface area contributed by atoms with Crippen LogP contribution in [0.1, 0.15) is 20.8 Å². The van der Waals surface area contributed by atoms with Gasteiger partial charge in [-0.3, -0.25) is 14.3 Å². The topological polar surface area (TPSA) is 52.0 Å². The average molecular weight is 264 g/mol. The summed E-state index contributed by atoms with van der Waals surface area (Å²) in [5.74, 6) is -0.0312. The monoisotopic (exact) mass is 264 g/mol. The van der Waals surface area contributed by atoms with E-state index >= 15 is 0 Å². The lowest BCUT2D eigenvalue weighted by Gasteiger charge is -2.03. The quantitative estimate of drug-likeness (QED) is 0.538. The predicted octanol–water partition coefficient (Wildman–Crippen LogP) is 2.73. The first-order valence-electron chi connectivity index (χ1n) is 6.28. The SMILES string of the molecule is O=Cc1nn(CC(=O)c2ccccc2)c2ccccc12. The molecule has 98 valence electrons. The molecular weight excluding hydrogens is 252 g/mol. The Morgan fingerprint density at radius 2 is 1.75 bits per heavy atom. The Hall–Kier alpha value is -2.75. The number of aromatic nitrogens is 2. The lowest BCUT2D eigenvalue weighted by atomic mass is 10.1. The largest absolute Gasteiger partial charge is 0.296 e. The van der Waals surface area contributed by atoms with Crippen molar-refractivity contribution in [3.63, 3.8) is 0 Å². The molecule has 4 nitrogen and oxygen atoms in total. The van der Waals surface area contributed by atoms with Gasteiger partial charge in [-0.05, 0) is 6.07 Å². The summed E-state index contributed by atoms with van der Waals surface area (Å²) < 4.78 is 1.58. The van der Waals surface area contributed by atoms with E-state index in [-0.39, 0.29) is 12.3 Å². The van der Waals surface area contributed by atoms with Crippen molar-refractivity contribution in [1.82, 2.24) is 9.78 Å². The zero-order valence-electron chi connectivity index (χ0n) is 10.7. The molecule has 0 radical (unpaired) electrons. The maximum atomic E-state index is 12.2. The minimum atomic E-state index is -0.0312. The van der Waals surface area contributed by atoms with E-state index in [0.29, 0.717) is 17.5 Å². The minimum absolute atomic E-state index is 0.0312. The van der Waals surface area contributed by atoms with E-state index in [9.17, 15) is 9.59 Å². The highest BCUT2D eigenvalue weighted by Gasteiger charge is 2.12. The van der Waals surface area contributed by atoms with Crippen LogP contribution in [0.15, 0.2) is 54.6 Å². The molecule has 0 saturated heterocycles. The second kappa shape index (κ2) is 5.09. The van der Waals surface area contributed by atoms with Gasteiger partial charge in [0.15, 0.2) is 12.1 Å². The van der Waals surface area contributed by atoms with Crippen LogP contribution in [0.5, 0.6) is 0 Å². The van der Waals surface area contributed by atoms with E-state index in [4.69, 9.17) is 0 Å². The highest BCUT2D eigenvalue weighted by atomic mass is 16.1. The normalized spacial score (nSPS) is 10.6. The highest BCUT2D eigenvalue weighted by molar-refractivity contribution is 5.98. The lowest BCUT2D eigenvalue weighted by molar-refractivity contribution is 0.0967. The van der Waals surface area contributed by atoms with Gasteiger partial charge in [-0.25, -0.2) is 0 Å². The smallest absolute Gasteiger partial charge is 0.184 e. The van der Waals surface area contributed by atoms with Crippen molar-refractivity contribution < 1.29 is 9.59 Å². The Morgan fingerprint density at radius 3 is 2.50 bits per heavy atom. The molecule has 0 fully saturated rings. The highest BCUT2D eigenvalue weighted by Crippen LogP contribution is 2.17. The molecule has 0 amide bonds. The van der Waals surface area contributed by atoms with Gasteiger partial charge in [-0.2, -0.15) is 5.10 Å². The van der Waals surface area contributed by atoms with E-state index in [2.05, 4.69) is 5.10 Å². The molecule has 1 aromatic heterocycles. The van der Waals surface area contributed by atoms with E-state index in [1.165, 1.54) is 0 Å². The molecule has 2 aromatic carbocycles. The third-order valence-corrected chi connectivity index (χ3v) is 3.19. The summed E-state index contributed by atoms with van der Waals surface area (Å²) in [6.07, 6.45) is 0.714. The molecule has 0 aliphatic rings. The summed E-state index contributed by atoms with van der Waals surface area (Å²) >= 11 is 0. The maximum Gasteiger partial charge on any atom is 0.184 e. The number of hydrogen-bond donors (Lipinski definition) is 0. The number of rotatable bonds is 4. The zero-order chi connectivity index (χ0) is 13.9. The molecule has 0 unspecified atom stereocenters. The lowest BCUT2D eigenvalue weighted by Crippen LogP contribution is -2.11. The first-order chi connectivity index (χ1) is 9.79. The Bertz CT molecular complexity index is 776. The van der Waals surface area contributed by atoms with Crippen molar-refractivity contribution in [3.8, 4) is 0 Å². The summed E-state index contributed by atoms with van der Waals surface area (Å²) in [5, 5.41) is 4.97. The van der Waals surface area contributed by atoms with Crippen LogP contribution in [-0.2, 0) is 6.54 Å². The molecule has 0 atom stereocenters. The average Bonchev–Trinajstić information content (AvgIpc) is 2.86. The van der Waals surface area contributed by atoms with Crippen LogP contribution in [0, 0.1) is 0 Å². The van der Waals surface area contributed by atoms with Gasteiger partial charge in [-0.15, -0.1) is 0 Å². The van der Waals surface area contributed by atoms with Gasteiger partial charge in [0.05, 0.1) is 5.52 Å². The molecule has 3 aromatic rings. The Kier molecular flexibility index (Phi) is 3.13. The molecule has 0 aliphatic carbocycles. The summed E-state index contributed by atoms with van der Waals surface area (Å²) in [5.41, 5.74) is 1.79. The van der Waals surface area contributed by atoms with E-state index in [1.807, 2.05) is 42.5 Å². The molecule has 0 spiro atoms. The molecule has 0 N–H and O–H groups in total. The number of aldehydes is 1. The van der Waals surface area contributed by atoms with Gasteiger partial charge in [0.1, 0.15) is 12.2 Å². The molecule has 3 rings (SSSR count). The van der Waals surface area contributed by atoms with Crippen molar-refractivity contribution in [2.75, 3.05) is 0 Å². The van der Waals surface area contributed by atoms with E-state index in [1.54, 1.807) is 16.8 Å². The van der Waals surface area contributed by atoms with Gasteiger partial charge in [0.25, 0.3) is 0 Å². The van der Waals surface area contributed by atoms with E-state index < -0.39 is 0 Å². The Morgan fingerprint density at radius 1 is 1.05 bits per heavy atom. The first-order valence-corrected chi connectivity index (χ1v) is 6.28. The van der Waals surface area contributed by atoms with Crippen molar-refractivity contribution in [1.29, 1.82) is 0 Å². The molecule has 0 bridgehead atoms. The van der Waals surface area contributed by atoms with Crippen molar-refractivity contribution in [2.24, 2.45) is 0 Å². The third-order valence-electron chi connectivity index (χ3n) is 3.19. The molecule has 0 aliphatic heterocycles. The predicted molar refractivity (Wildman–Crippen MR) is 75.9 cm³/mol. The Balaban J connectivity index is 1.99. The number of Topliss-reactive ketones (excluding diaryl/α,β-unsaturated/α-hetero) is 1. The minimum Gasteiger partial charge on any atom is -0.296 e. The number of benzene rings is 2. The van der Waals surface area contributed by atoms with Crippen molar-refractivity contribution in [3.05, 3.63) is 65.9 Å². The number of ketones is 1. The molecule has 1 heterocycles. The van der Waals surface area contributed by atoms with Crippen LogP contribution in [0.25, 0.3) is 10.9 Å². The van der Waals surface area contributed by atoms with Gasteiger partial charge >= 0.3 is 0 Å². The van der Waals surface area contributed by atoms with Gasteiger partial charge in [0, 0.05) is 10.9 Å². The number of hydrogen-bond acceptors (Lipinski definition) is 3. The van der Waals surface area contributed by atoms with Crippen LogP contribution < -0.4 is 0 Å². The van der Waals surface area contributed by atoms with Gasteiger partial charge in [-0.1, -0.05) is 48.5 Å². The number of nitrogens with zero attached hydrogens (tertiary/aromatic N) is 2. The van der Waals surface area contributed by atoms with Crippen molar-refractivity contribution in [2.45, 2.75) is 6.54 Å². The number of fused-ring (bicyclic) bond motifs is 1. The number of para-hydroxylation sites is 1. The van der Waals surface area contributed by atoms with Crippen LogP contribution in [-0.4, -0.2) is 21.8 Å².